The molecule has 1 aliphatic rings. The van der Waals surface area contributed by atoms with Crippen molar-refractivity contribution in [1.82, 2.24) is 5.32 Å². The predicted molar refractivity (Wildman–Crippen MR) is 113 cm³/mol. The van der Waals surface area contributed by atoms with E-state index in [4.69, 9.17) is 21.7 Å². The average molecular weight is 434 g/mol. The van der Waals surface area contributed by atoms with Crippen molar-refractivity contribution in [1.29, 1.82) is 0 Å². The molecule has 0 aliphatic carbocycles. The van der Waals surface area contributed by atoms with Crippen LogP contribution in [0.5, 0.6) is 17.2 Å². The fraction of sp³-hybridized carbons (Fsp3) is 0.238. The largest absolute Gasteiger partial charge is 0.492 e. The highest BCUT2D eigenvalue weighted by molar-refractivity contribution is 7.80. The summed E-state index contributed by atoms with van der Waals surface area (Å²) in [5.41, 5.74) is 1.32. The van der Waals surface area contributed by atoms with Crippen LogP contribution >= 0.6 is 12.2 Å². The van der Waals surface area contributed by atoms with E-state index in [9.17, 15) is 13.6 Å². The molecule has 1 aliphatic heterocycles. The van der Waals surface area contributed by atoms with Crippen LogP contribution in [-0.4, -0.2) is 30.8 Å². The van der Waals surface area contributed by atoms with E-state index in [0.29, 0.717) is 23.6 Å². The quantitative estimate of drug-likeness (QED) is 0.493. The van der Waals surface area contributed by atoms with Crippen LogP contribution in [0.25, 0.3) is 6.08 Å². The van der Waals surface area contributed by atoms with E-state index in [0.717, 1.165) is 0 Å². The Morgan fingerprint density at radius 3 is 2.47 bits per heavy atom. The van der Waals surface area contributed by atoms with Crippen molar-refractivity contribution in [3.8, 4) is 17.2 Å². The van der Waals surface area contributed by atoms with Crippen LogP contribution in [0, 0.1) is 0 Å². The molecule has 0 atom stereocenters. The molecule has 1 saturated heterocycles. The normalized spacial score (nSPS) is 15.0. The summed E-state index contributed by atoms with van der Waals surface area (Å²) in [7, 11) is 0. The number of hydrogen-bond donors (Lipinski definition) is 1. The fourth-order valence-corrected chi connectivity index (χ4v) is 3.21. The van der Waals surface area contributed by atoms with Gasteiger partial charge in [0.05, 0.1) is 18.9 Å². The lowest BCUT2D eigenvalue weighted by atomic mass is 10.1. The number of rotatable bonds is 8. The molecule has 30 heavy (non-hydrogen) atoms. The van der Waals surface area contributed by atoms with E-state index in [2.05, 4.69) is 10.1 Å². The van der Waals surface area contributed by atoms with Gasteiger partial charge in [0.1, 0.15) is 11.4 Å². The number of nitrogens with one attached hydrogen (secondary N) is 1. The second-order valence-corrected chi connectivity index (χ2v) is 6.43. The van der Waals surface area contributed by atoms with Gasteiger partial charge in [0.2, 0.25) is 0 Å². The highest BCUT2D eigenvalue weighted by atomic mass is 32.1. The van der Waals surface area contributed by atoms with Crippen molar-refractivity contribution in [2.24, 2.45) is 0 Å². The van der Waals surface area contributed by atoms with Crippen LogP contribution in [0.1, 0.15) is 19.4 Å². The number of ether oxygens (including phenoxy) is 3. The smallest absolute Gasteiger partial charge is 0.387 e. The van der Waals surface area contributed by atoms with Crippen LogP contribution in [0.2, 0.25) is 0 Å². The second kappa shape index (κ2) is 9.53. The zero-order chi connectivity index (χ0) is 21.7. The van der Waals surface area contributed by atoms with Gasteiger partial charge >= 0.3 is 6.61 Å². The molecular formula is C21H20F2N2O4S. The van der Waals surface area contributed by atoms with Crippen LogP contribution in [0.3, 0.4) is 0 Å². The maximum absolute atomic E-state index is 13.0. The molecular weight excluding hydrogens is 414 g/mol. The number of hydrogen-bond acceptors (Lipinski definition) is 5. The molecule has 1 amide bonds. The minimum Gasteiger partial charge on any atom is -0.492 e. The first-order chi connectivity index (χ1) is 14.4. The minimum absolute atomic E-state index is 0.0810. The summed E-state index contributed by atoms with van der Waals surface area (Å²) < 4.78 is 40.6. The third kappa shape index (κ3) is 4.68. The van der Waals surface area contributed by atoms with E-state index in [-0.39, 0.29) is 34.8 Å². The fourth-order valence-electron chi connectivity index (χ4n) is 2.92. The zero-order valence-electron chi connectivity index (χ0n) is 16.4. The molecule has 2 aromatic carbocycles. The number of para-hydroxylation sites is 2. The van der Waals surface area contributed by atoms with Gasteiger partial charge in [-0.15, -0.1) is 0 Å². The minimum atomic E-state index is -2.97. The third-order valence-corrected chi connectivity index (χ3v) is 4.36. The van der Waals surface area contributed by atoms with Gasteiger partial charge in [0.15, 0.2) is 16.6 Å². The molecule has 0 aromatic heterocycles. The number of carbonyl (C=O) groups is 1. The molecule has 1 N–H and O–H groups in total. The topological polar surface area (TPSA) is 60.0 Å². The molecule has 2 aromatic rings. The van der Waals surface area contributed by atoms with E-state index in [1.54, 1.807) is 43.3 Å². The summed E-state index contributed by atoms with van der Waals surface area (Å²) in [4.78, 5) is 14.3. The van der Waals surface area contributed by atoms with Crippen molar-refractivity contribution >= 4 is 35.0 Å². The lowest BCUT2D eigenvalue weighted by Crippen LogP contribution is -2.30. The molecule has 3 rings (SSSR count). The Bertz CT molecular complexity index is 981. The van der Waals surface area contributed by atoms with Crippen molar-refractivity contribution < 1.29 is 27.8 Å². The molecule has 1 fully saturated rings. The number of thiocarbonyl (C=S) groups is 1. The van der Waals surface area contributed by atoms with Crippen LogP contribution in [0.4, 0.5) is 14.5 Å². The Labute approximate surface area is 178 Å². The monoisotopic (exact) mass is 434 g/mol. The first-order valence-electron chi connectivity index (χ1n) is 9.25. The molecule has 9 heteroatoms. The van der Waals surface area contributed by atoms with Gasteiger partial charge in [0, 0.05) is 0 Å². The van der Waals surface area contributed by atoms with Crippen LogP contribution in [-0.2, 0) is 4.79 Å². The van der Waals surface area contributed by atoms with Crippen molar-refractivity contribution in [2.45, 2.75) is 20.5 Å². The van der Waals surface area contributed by atoms with Gasteiger partial charge in [-0.1, -0.05) is 18.2 Å². The molecule has 158 valence electrons. The Morgan fingerprint density at radius 2 is 1.77 bits per heavy atom. The van der Waals surface area contributed by atoms with Crippen molar-refractivity contribution in [3.05, 3.63) is 53.7 Å². The highest BCUT2D eigenvalue weighted by Gasteiger charge is 2.33. The summed E-state index contributed by atoms with van der Waals surface area (Å²) in [6, 6.07) is 11.5. The molecule has 0 bridgehead atoms. The van der Waals surface area contributed by atoms with Crippen molar-refractivity contribution in [3.63, 3.8) is 0 Å². The number of amides is 1. The Kier molecular flexibility index (Phi) is 6.83. The summed E-state index contributed by atoms with van der Waals surface area (Å²) in [6.45, 7) is 1.31. The van der Waals surface area contributed by atoms with Crippen LogP contribution in [0.15, 0.2) is 48.2 Å². The molecule has 6 nitrogen and oxygen atoms in total. The number of halogens is 2. The number of alkyl halides is 2. The first-order valence-corrected chi connectivity index (χ1v) is 9.66. The second-order valence-electron chi connectivity index (χ2n) is 6.05. The van der Waals surface area contributed by atoms with E-state index < -0.39 is 6.61 Å². The Hall–Kier alpha value is -3.20. The lowest BCUT2D eigenvalue weighted by Gasteiger charge is -2.18. The van der Waals surface area contributed by atoms with E-state index in [1.807, 2.05) is 6.92 Å². The summed E-state index contributed by atoms with van der Waals surface area (Å²) in [5, 5.41) is 3.10. The van der Waals surface area contributed by atoms with Gasteiger partial charge in [-0.25, -0.2) is 4.90 Å². The number of carbonyl (C=O) groups excluding carboxylic acids is 1. The molecule has 0 radical (unpaired) electrons. The SMILES string of the molecule is CCOc1cc(/C=C2/NC(=S)N(c3ccccc3OCC)C2=O)ccc1OC(F)F. The van der Waals surface area contributed by atoms with Gasteiger partial charge in [0.25, 0.3) is 5.91 Å². The number of nitrogens with zero attached hydrogens (tertiary/aromatic N) is 1. The van der Waals surface area contributed by atoms with Gasteiger partial charge in [-0.3, -0.25) is 4.79 Å². The summed E-state index contributed by atoms with van der Waals surface area (Å²) in [6.07, 6.45) is 1.56. The molecule has 0 saturated carbocycles. The number of benzene rings is 2. The number of anilines is 1. The van der Waals surface area contributed by atoms with Gasteiger partial charge in [-0.2, -0.15) is 8.78 Å². The van der Waals surface area contributed by atoms with Gasteiger partial charge < -0.3 is 19.5 Å². The van der Waals surface area contributed by atoms with Crippen molar-refractivity contribution in [2.75, 3.05) is 18.1 Å². The van der Waals surface area contributed by atoms with Gasteiger partial charge in [-0.05, 0) is 62.0 Å². The molecule has 0 unspecified atom stereocenters. The van der Waals surface area contributed by atoms with E-state index >= 15 is 0 Å². The maximum Gasteiger partial charge on any atom is 0.387 e. The Morgan fingerprint density at radius 1 is 1.07 bits per heavy atom. The summed E-state index contributed by atoms with van der Waals surface area (Å²) >= 11 is 5.34. The molecule has 1 heterocycles. The third-order valence-electron chi connectivity index (χ3n) is 4.08. The average Bonchev–Trinajstić information content (AvgIpc) is 2.98. The first kappa shape index (κ1) is 21.5. The van der Waals surface area contributed by atoms with Crippen LogP contribution < -0.4 is 24.4 Å². The Balaban J connectivity index is 1.91. The maximum atomic E-state index is 13.0. The lowest BCUT2D eigenvalue weighted by molar-refractivity contribution is -0.113. The predicted octanol–water partition coefficient (Wildman–Crippen LogP) is 4.35. The zero-order valence-corrected chi connectivity index (χ0v) is 17.2. The highest BCUT2D eigenvalue weighted by Crippen LogP contribution is 2.33. The standard InChI is InChI=1S/C21H20F2N2O4S/c1-3-27-16-8-6-5-7-15(16)25-19(26)14(24-21(25)30)11-13-9-10-17(29-20(22)23)18(12-13)28-4-2/h5-12,20H,3-4H2,1-2H3,(H,24,30)/b14-11+. The summed E-state index contributed by atoms with van der Waals surface area (Å²) in [5.74, 6) is 0.241. The van der Waals surface area contributed by atoms with E-state index in [1.165, 1.54) is 17.0 Å². The molecule has 0 spiro atoms.